The number of aromatic nitrogens is 2. The van der Waals surface area contributed by atoms with Crippen molar-refractivity contribution in [3.8, 4) is 17.3 Å². The quantitative estimate of drug-likeness (QED) is 0.841. The number of nitrogens with two attached hydrogens (primary N) is 2. The molecule has 1 heterocycles. The molecule has 0 spiro atoms. The molecule has 4 N–H and O–H groups in total. The zero-order valence-corrected chi connectivity index (χ0v) is 11.2. The highest BCUT2D eigenvalue weighted by molar-refractivity contribution is 9.10. The predicted octanol–water partition coefficient (Wildman–Crippen LogP) is 2.25. The van der Waals surface area contributed by atoms with E-state index >= 15 is 0 Å². The van der Waals surface area contributed by atoms with Crippen molar-refractivity contribution >= 4 is 27.7 Å². The number of hydrogen-bond acceptors (Lipinski definition) is 5. The molecule has 0 amide bonds. The Morgan fingerprint density at radius 3 is 2.61 bits per heavy atom. The van der Waals surface area contributed by atoms with Crippen LogP contribution in [-0.4, -0.2) is 9.97 Å². The van der Waals surface area contributed by atoms with Crippen molar-refractivity contribution in [3.63, 3.8) is 0 Å². The maximum atomic E-state index is 9.12. The second-order valence-electron chi connectivity index (χ2n) is 3.77. The van der Waals surface area contributed by atoms with Gasteiger partial charge < -0.3 is 11.5 Å². The molecule has 0 saturated carbocycles. The Morgan fingerprint density at radius 2 is 2.00 bits per heavy atom. The SMILES string of the molecule is Cc1cc(-c2nc(N)nc(N)c2C#N)ccc1Br. The summed E-state index contributed by atoms with van der Waals surface area (Å²) < 4.78 is 0.986. The van der Waals surface area contributed by atoms with Crippen LogP contribution in [-0.2, 0) is 0 Å². The molecule has 0 fully saturated rings. The van der Waals surface area contributed by atoms with Gasteiger partial charge in [-0.25, -0.2) is 4.98 Å². The van der Waals surface area contributed by atoms with Crippen LogP contribution in [0.15, 0.2) is 22.7 Å². The Balaban J connectivity index is 2.70. The molecule has 0 atom stereocenters. The normalized spacial score (nSPS) is 10.1. The lowest BCUT2D eigenvalue weighted by atomic mass is 10.0. The first kappa shape index (κ1) is 12.3. The number of nitriles is 1. The van der Waals surface area contributed by atoms with Crippen LogP contribution in [0, 0.1) is 18.3 Å². The second-order valence-corrected chi connectivity index (χ2v) is 4.62. The molecule has 0 aliphatic carbocycles. The third kappa shape index (κ3) is 2.13. The fourth-order valence-corrected chi connectivity index (χ4v) is 1.85. The zero-order chi connectivity index (χ0) is 13.3. The number of nitrogen functional groups attached to an aromatic ring is 2. The molecule has 18 heavy (non-hydrogen) atoms. The molecule has 0 saturated heterocycles. The van der Waals surface area contributed by atoms with E-state index in [1.54, 1.807) is 0 Å². The zero-order valence-electron chi connectivity index (χ0n) is 9.61. The second kappa shape index (κ2) is 4.63. The maximum absolute atomic E-state index is 9.12. The van der Waals surface area contributed by atoms with E-state index < -0.39 is 0 Å². The minimum Gasteiger partial charge on any atom is -0.382 e. The van der Waals surface area contributed by atoms with Gasteiger partial charge in [0.2, 0.25) is 5.95 Å². The highest BCUT2D eigenvalue weighted by Crippen LogP contribution is 2.28. The standard InChI is InChI=1S/C12H10BrN5/c1-6-4-7(2-3-9(6)13)10-8(5-14)11(15)18-12(16)17-10/h2-4H,1H3,(H4,15,16,17,18). The van der Waals surface area contributed by atoms with Gasteiger partial charge in [-0.3, -0.25) is 0 Å². The van der Waals surface area contributed by atoms with Crippen LogP contribution in [0.4, 0.5) is 11.8 Å². The van der Waals surface area contributed by atoms with Crippen molar-refractivity contribution in [2.75, 3.05) is 11.5 Å². The highest BCUT2D eigenvalue weighted by atomic mass is 79.9. The third-order valence-corrected chi connectivity index (χ3v) is 3.39. The van der Waals surface area contributed by atoms with Gasteiger partial charge in [-0.1, -0.05) is 22.0 Å². The molecule has 0 bridgehead atoms. The largest absolute Gasteiger partial charge is 0.382 e. The average molecular weight is 304 g/mol. The summed E-state index contributed by atoms with van der Waals surface area (Å²) in [6, 6.07) is 7.65. The van der Waals surface area contributed by atoms with Crippen molar-refractivity contribution in [1.29, 1.82) is 5.26 Å². The van der Waals surface area contributed by atoms with Crippen LogP contribution in [0.1, 0.15) is 11.1 Å². The van der Waals surface area contributed by atoms with Gasteiger partial charge in [0.15, 0.2) is 0 Å². The van der Waals surface area contributed by atoms with Gasteiger partial charge in [0, 0.05) is 10.0 Å². The van der Waals surface area contributed by atoms with Crippen LogP contribution in [0.25, 0.3) is 11.3 Å². The van der Waals surface area contributed by atoms with E-state index in [9.17, 15) is 0 Å². The molecule has 90 valence electrons. The molecular formula is C12H10BrN5. The summed E-state index contributed by atoms with van der Waals surface area (Å²) in [4.78, 5) is 7.88. The Morgan fingerprint density at radius 1 is 1.28 bits per heavy atom. The van der Waals surface area contributed by atoms with E-state index in [4.69, 9.17) is 16.7 Å². The molecule has 0 radical (unpaired) electrons. The summed E-state index contributed by atoms with van der Waals surface area (Å²) in [5.74, 6) is 0.155. The summed E-state index contributed by atoms with van der Waals surface area (Å²) in [7, 11) is 0. The topological polar surface area (TPSA) is 102 Å². The maximum Gasteiger partial charge on any atom is 0.222 e. The first-order chi connectivity index (χ1) is 8.52. The number of benzene rings is 1. The monoisotopic (exact) mass is 303 g/mol. The first-order valence-corrected chi connectivity index (χ1v) is 5.92. The minimum absolute atomic E-state index is 0.0575. The predicted molar refractivity (Wildman–Crippen MR) is 73.4 cm³/mol. The van der Waals surface area contributed by atoms with Crippen LogP contribution >= 0.6 is 15.9 Å². The number of rotatable bonds is 1. The summed E-state index contributed by atoms with van der Waals surface area (Å²) >= 11 is 3.42. The van der Waals surface area contributed by atoms with Gasteiger partial charge >= 0.3 is 0 Å². The Bertz CT molecular complexity index is 660. The van der Waals surface area contributed by atoms with Gasteiger partial charge in [-0.15, -0.1) is 0 Å². The van der Waals surface area contributed by atoms with Gasteiger partial charge in [-0.05, 0) is 24.6 Å². The molecular weight excluding hydrogens is 294 g/mol. The van der Waals surface area contributed by atoms with Crippen molar-refractivity contribution in [1.82, 2.24) is 9.97 Å². The third-order valence-electron chi connectivity index (χ3n) is 2.50. The molecule has 1 aromatic heterocycles. The van der Waals surface area contributed by atoms with Crippen LogP contribution < -0.4 is 11.5 Å². The van der Waals surface area contributed by atoms with E-state index in [1.807, 2.05) is 31.2 Å². The van der Waals surface area contributed by atoms with E-state index in [1.165, 1.54) is 0 Å². The number of halogens is 1. The van der Waals surface area contributed by atoms with E-state index in [-0.39, 0.29) is 17.3 Å². The van der Waals surface area contributed by atoms with Crippen LogP contribution in [0.2, 0.25) is 0 Å². The summed E-state index contributed by atoms with van der Waals surface area (Å²) in [5.41, 5.74) is 13.8. The molecule has 2 rings (SSSR count). The Kier molecular flexibility index (Phi) is 3.17. The lowest BCUT2D eigenvalue weighted by Crippen LogP contribution is -2.05. The van der Waals surface area contributed by atoms with Crippen molar-refractivity contribution in [2.45, 2.75) is 6.92 Å². The van der Waals surface area contributed by atoms with Gasteiger partial charge in [0.1, 0.15) is 17.5 Å². The van der Waals surface area contributed by atoms with E-state index in [2.05, 4.69) is 25.9 Å². The average Bonchev–Trinajstić information content (AvgIpc) is 2.32. The summed E-state index contributed by atoms with van der Waals surface area (Å²) in [5, 5.41) is 9.12. The van der Waals surface area contributed by atoms with E-state index in [0.717, 1.165) is 15.6 Å². The fraction of sp³-hybridized carbons (Fsp3) is 0.0833. The number of nitrogens with zero attached hydrogens (tertiary/aromatic N) is 3. The van der Waals surface area contributed by atoms with Gasteiger partial charge in [0.25, 0.3) is 0 Å². The number of aryl methyl sites for hydroxylation is 1. The van der Waals surface area contributed by atoms with Crippen molar-refractivity contribution in [2.24, 2.45) is 0 Å². The molecule has 6 heteroatoms. The molecule has 5 nitrogen and oxygen atoms in total. The van der Waals surface area contributed by atoms with E-state index in [0.29, 0.717) is 5.69 Å². The Hall–Kier alpha value is -2.13. The smallest absolute Gasteiger partial charge is 0.222 e. The lowest BCUT2D eigenvalue weighted by molar-refractivity contribution is 1.18. The molecule has 0 aliphatic rings. The number of anilines is 2. The van der Waals surface area contributed by atoms with Gasteiger partial charge in [0.05, 0.1) is 5.69 Å². The van der Waals surface area contributed by atoms with Crippen LogP contribution in [0.3, 0.4) is 0 Å². The molecule has 0 aliphatic heterocycles. The summed E-state index contributed by atoms with van der Waals surface area (Å²) in [6.45, 7) is 1.95. The van der Waals surface area contributed by atoms with Crippen molar-refractivity contribution in [3.05, 3.63) is 33.8 Å². The first-order valence-electron chi connectivity index (χ1n) is 5.12. The molecule has 2 aromatic rings. The fourth-order valence-electron chi connectivity index (χ4n) is 1.61. The van der Waals surface area contributed by atoms with Crippen molar-refractivity contribution < 1.29 is 0 Å². The molecule has 0 unspecified atom stereocenters. The van der Waals surface area contributed by atoms with Crippen LogP contribution in [0.5, 0.6) is 0 Å². The lowest BCUT2D eigenvalue weighted by Gasteiger charge is -2.08. The summed E-state index contributed by atoms with van der Waals surface area (Å²) in [6.07, 6.45) is 0. The molecule has 1 aromatic carbocycles. The number of hydrogen-bond donors (Lipinski definition) is 2. The highest BCUT2D eigenvalue weighted by Gasteiger charge is 2.13. The van der Waals surface area contributed by atoms with Gasteiger partial charge in [-0.2, -0.15) is 10.2 Å². The Labute approximate surface area is 113 Å². The minimum atomic E-state index is 0.0575.